The molecule has 3 aromatic heterocycles. The lowest BCUT2D eigenvalue weighted by Crippen LogP contribution is -2.59. The van der Waals surface area contributed by atoms with Crippen molar-refractivity contribution in [3.05, 3.63) is 52.8 Å². The summed E-state index contributed by atoms with van der Waals surface area (Å²) in [6.07, 6.45) is 5.73. The first-order chi connectivity index (χ1) is 15.0. The highest BCUT2D eigenvalue weighted by molar-refractivity contribution is 6.04. The lowest BCUT2D eigenvalue weighted by atomic mass is 9.49. The van der Waals surface area contributed by atoms with Crippen molar-refractivity contribution in [2.75, 3.05) is 5.32 Å². The number of fused-ring (bicyclic) bond motifs is 1. The molecule has 31 heavy (non-hydrogen) atoms. The Morgan fingerprint density at radius 2 is 2.00 bits per heavy atom. The molecule has 1 amide bonds. The van der Waals surface area contributed by atoms with Gasteiger partial charge in [-0.15, -0.1) is 0 Å². The summed E-state index contributed by atoms with van der Waals surface area (Å²) in [5.74, 6) is -0.00565. The van der Waals surface area contributed by atoms with Gasteiger partial charge in [0.05, 0.1) is 17.2 Å². The number of benzene rings is 1. The van der Waals surface area contributed by atoms with E-state index in [2.05, 4.69) is 20.0 Å². The second-order valence-corrected chi connectivity index (χ2v) is 8.33. The molecule has 4 aromatic rings. The summed E-state index contributed by atoms with van der Waals surface area (Å²) in [6.45, 7) is 0. The second kappa shape index (κ2) is 6.03. The lowest BCUT2D eigenvalue weighted by Gasteiger charge is -2.62. The molecule has 3 fully saturated rings. The van der Waals surface area contributed by atoms with E-state index in [4.69, 9.17) is 9.51 Å². The maximum absolute atomic E-state index is 12.8. The van der Waals surface area contributed by atoms with Crippen molar-refractivity contribution in [1.29, 1.82) is 0 Å². The molecule has 10 heteroatoms. The maximum atomic E-state index is 12.8. The molecule has 0 spiro atoms. The first-order valence-corrected chi connectivity index (χ1v) is 9.96. The van der Waals surface area contributed by atoms with Crippen LogP contribution in [-0.4, -0.2) is 35.3 Å². The topological polar surface area (TPSA) is 128 Å². The number of hydrogen-bond donors (Lipinski definition) is 2. The number of carbonyl (C=O) groups excluding carboxylic acids is 1. The van der Waals surface area contributed by atoms with Crippen LogP contribution in [0.2, 0.25) is 0 Å². The summed E-state index contributed by atoms with van der Waals surface area (Å²) < 4.78 is 8.09. The fourth-order valence-electron chi connectivity index (χ4n) is 4.77. The zero-order valence-electron chi connectivity index (χ0n) is 16.6. The van der Waals surface area contributed by atoms with E-state index in [1.165, 1.54) is 24.1 Å². The zero-order valence-corrected chi connectivity index (χ0v) is 16.6. The van der Waals surface area contributed by atoms with Crippen LogP contribution in [-0.2, 0) is 12.6 Å². The second-order valence-electron chi connectivity index (χ2n) is 8.33. The average Bonchev–Trinajstić information content (AvgIpc) is 3.33. The molecule has 0 atom stereocenters. The Morgan fingerprint density at radius 3 is 2.68 bits per heavy atom. The first-order valence-electron chi connectivity index (χ1n) is 9.96. The van der Waals surface area contributed by atoms with Gasteiger partial charge in [-0.25, -0.2) is 9.97 Å². The Balaban J connectivity index is 1.55. The quantitative estimate of drug-likeness (QED) is 0.520. The van der Waals surface area contributed by atoms with Crippen LogP contribution < -0.4 is 10.9 Å². The number of aromatic hydroxyl groups is 1. The van der Waals surface area contributed by atoms with Gasteiger partial charge in [-0.1, -0.05) is 17.3 Å². The molecule has 7 rings (SSSR count). The molecular weight excluding hydrogens is 400 g/mol. The minimum Gasteiger partial charge on any atom is -0.501 e. The van der Waals surface area contributed by atoms with Gasteiger partial charge in [-0.2, -0.15) is 0 Å². The maximum Gasteiger partial charge on any atom is 0.296 e. The molecule has 3 aliphatic carbocycles. The summed E-state index contributed by atoms with van der Waals surface area (Å²) in [5, 5.41) is 16.4. The largest absolute Gasteiger partial charge is 0.501 e. The number of para-hydroxylation sites is 2. The van der Waals surface area contributed by atoms with Gasteiger partial charge in [0.1, 0.15) is 12.0 Å². The molecule has 2 bridgehead atoms. The molecule has 10 nitrogen and oxygen atoms in total. The van der Waals surface area contributed by atoms with Crippen molar-refractivity contribution in [3.63, 3.8) is 0 Å². The van der Waals surface area contributed by atoms with Gasteiger partial charge in [-0.05, 0) is 37.3 Å². The molecule has 1 aromatic carbocycles. The molecule has 156 valence electrons. The Morgan fingerprint density at radius 1 is 1.23 bits per heavy atom. The molecular formula is C21H18N6O4. The van der Waals surface area contributed by atoms with Gasteiger partial charge < -0.3 is 19.5 Å². The third-order valence-corrected chi connectivity index (χ3v) is 6.41. The van der Waals surface area contributed by atoms with Crippen LogP contribution in [0.3, 0.4) is 0 Å². The van der Waals surface area contributed by atoms with Gasteiger partial charge in [-0.3, -0.25) is 14.2 Å². The van der Waals surface area contributed by atoms with E-state index in [1.54, 1.807) is 0 Å². The Bertz CT molecular complexity index is 1400. The summed E-state index contributed by atoms with van der Waals surface area (Å²) in [5.41, 5.74) is 0.909. The summed E-state index contributed by atoms with van der Waals surface area (Å²) in [6, 6.07) is 7.78. The van der Waals surface area contributed by atoms with E-state index in [0.717, 1.165) is 36.2 Å². The van der Waals surface area contributed by atoms with Crippen LogP contribution >= 0.6 is 0 Å². The van der Waals surface area contributed by atoms with Gasteiger partial charge >= 0.3 is 0 Å². The molecule has 0 aliphatic heterocycles. The Hall–Kier alpha value is -3.95. The number of amides is 1. The van der Waals surface area contributed by atoms with E-state index < -0.39 is 17.2 Å². The van der Waals surface area contributed by atoms with E-state index in [9.17, 15) is 14.7 Å². The van der Waals surface area contributed by atoms with Gasteiger partial charge in [0, 0.05) is 12.6 Å². The number of imidazole rings is 1. The normalized spacial score (nSPS) is 21.5. The summed E-state index contributed by atoms with van der Waals surface area (Å²) in [7, 11) is 1.51. The zero-order chi connectivity index (χ0) is 21.3. The molecule has 0 unspecified atom stereocenters. The SMILES string of the molecule is Cn1c(-c2nc3ccccc3n2C23CC(C2)C3)nc(C(=O)Nc2cnoc2)c(O)c1=O. The monoisotopic (exact) mass is 418 g/mol. The van der Waals surface area contributed by atoms with Crippen LogP contribution in [0.5, 0.6) is 5.75 Å². The fourth-order valence-corrected chi connectivity index (χ4v) is 4.77. The first kappa shape index (κ1) is 17.9. The van der Waals surface area contributed by atoms with Crippen LogP contribution in [0.1, 0.15) is 29.8 Å². The number of carbonyl (C=O) groups is 1. The van der Waals surface area contributed by atoms with Crippen molar-refractivity contribution < 1.29 is 14.4 Å². The summed E-state index contributed by atoms with van der Waals surface area (Å²) >= 11 is 0. The van der Waals surface area contributed by atoms with E-state index in [1.807, 2.05) is 24.3 Å². The van der Waals surface area contributed by atoms with E-state index >= 15 is 0 Å². The van der Waals surface area contributed by atoms with Crippen LogP contribution in [0.15, 0.2) is 46.0 Å². The fraction of sp³-hybridized carbons (Fsp3) is 0.286. The number of aromatic nitrogens is 5. The predicted molar refractivity (Wildman–Crippen MR) is 110 cm³/mol. The molecule has 3 aliphatic rings. The van der Waals surface area contributed by atoms with Crippen LogP contribution in [0.4, 0.5) is 5.69 Å². The number of nitrogens with zero attached hydrogens (tertiary/aromatic N) is 5. The number of hydrogen-bond acceptors (Lipinski definition) is 7. The highest BCUT2D eigenvalue weighted by Crippen LogP contribution is 2.63. The highest BCUT2D eigenvalue weighted by atomic mass is 16.5. The predicted octanol–water partition coefficient (Wildman–Crippen LogP) is 2.25. The highest BCUT2D eigenvalue weighted by Gasteiger charge is 2.59. The van der Waals surface area contributed by atoms with E-state index in [0.29, 0.717) is 5.82 Å². The number of nitrogens with one attached hydrogen (secondary N) is 1. The van der Waals surface area contributed by atoms with Gasteiger partial charge in [0.2, 0.25) is 5.75 Å². The molecule has 3 saturated carbocycles. The van der Waals surface area contributed by atoms with Gasteiger partial charge in [0.15, 0.2) is 17.3 Å². The average molecular weight is 418 g/mol. The Labute approximate surface area is 175 Å². The number of anilines is 1. The molecule has 0 radical (unpaired) electrons. The van der Waals surface area contributed by atoms with Crippen molar-refractivity contribution in [2.24, 2.45) is 13.0 Å². The van der Waals surface area contributed by atoms with Crippen molar-refractivity contribution in [3.8, 4) is 17.4 Å². The third-order valence-electron chi connectivity index (χ3n) is 6.41. The Kier molecular flexibility index (Phi) is 3.48. The number of rotatable bonds is 4. The smallest absolute Gasteiger partial charge is 0.296 e. The molecule has 2 N–H and O–H groups in total. The van der Waals surface area contributed by atoms with Gasteiger partial charge in [0.25, 0.3) is 11.5 Å². The van der Waals surface area contributed by atoms with E-state index in [-0.39, 0.29) is 22.7 Å². The van der Waals surface area contributed by atoms with Crippen molar-refractivity contribution >= 4 is 22.6 Å². The third kappa shape index (κ3) is 2.41. The summed E-state index contributed by atoms with van der Waals surface area (Å²) in [4.78, 5) is 34.7. The minimum atomic E-state index is -0.743. The van der Waals surface area contributed by atoms with Crippen LogP contribution in [0, 0.1) is 5.92 Å². The lowest BCUT2D eigenvalue weighted by molar-refractivity contribution is -0.0847. The van der Waals surface area contributed by atoms with Crippen LogP contribution in [0.25, 0.3) is 22.7 Å². The molecule has 0 saturated heterocycles. The molecule has 3 heterocycles. The minimum absolute atomic E-state index is 0.0311. The van der Waals surface area contributed by atoms with Crippen molar-refractivity contribution in [2.45, 2.75) is 24.8 Å². The van der Waals surface area contributed by atoms with Crippen molar-refractivity contribution in [1.82, 2.24) is 24.3 Å². The standard InChI is InChI=1S/C21H18N6O4/c1-26-17(25-15(16(28)20(26)30)19(29)23-12-9-22-31-10-12)18-24-13-4-2-3-5-14(13)27(18)21-6-11(7-21)8-21/h2-5,9-11,28H,6-8H2,1H3,(H,23,29).